The summed E-state index contributed by atoms with van der Waals surface area (Å²) in [6, 6.07) is 4.55. The number of thioether (sulfide) groups is 1. The molecule has 0 radical (unpaired) electrons. The van der Waals surface area contributed by atoms with E-state index in [1.807, 2.05) is 0 Å². The van der Waals surface area contributed by atoms with E-state index < -0.39 is 4.92 Å². The fourth-order valence-corrected chi connectivity index (χ4v) is 6.31. The number of hydrogen-bond donors (Lipinski definition) is 1. The molecule has 4 rings (SSSR count). The number of allylic oxidation sites excluding steroid dienone is 1. The number of nitrogens with one attached hydrogen (secondary N) is 1. The zero-order chi connectivity index (χ0) is 23.7. The average molecular weight is 485 g/mol. The standard InChI is InChI=1S/C23H24N4O4S2/c1-4-10-26-22(29)20-15-9-8-13(2)11-18(15)33-21(20)25-23(26)32-12-19(28)24-16-6-5-7-17(14(16)3)27(30)31/h4-7,13H,1,8-12H2,2-3H3,(H,24,28). The lowest BCUT2D eigenvalue weighted by Gasteiger charge is -2.17. The maximum atomic E-state index is 13.3. The van der Waals surface area contributed by atoms with Crippen molar-refractivity contribution in [2.75, 3.05) is 11.1 Å². The summed E-state index contributed by atoms with van der Waals surface area (Å²) in [4.78, 5) is 43.3. The van der Waals surface area contributed by atoms with Crippen molar-refractivity contribution in [3.05, 3.63) is 67.3 Å². The third-order valence-corrected chi connectivity index (χ3v) is 7.92. The number of fused-ring (bicyclic) bond motifs is 3. The van der Waals surface area contributed by atoms with Crippen LogP contribution in [0.3, 0.4) is 0 Å². The van der Waals surface area contributed by atoms with Gasteiger partial charge in [-0.1, -0.05) is 30.8 Å². The maximum absolute atomic E-state index is 13.3. The Labute approximate surface area is 198 Å². The number of aromatic nitrogens is 2. The number of hydrogen-bond acceptors (Lipinski definition) is 7. The van der Waals surface area contributed by atoms with Crippen LogP contribution in [-0.2, 0) is 24.2 Å². The highest BCUT2D eigenvalue weighted by Crippen LogP contribution is 2.36. The number of nitro groups is 1. The maximum Gasteiger partial charge on any atom is 0.274 e. The number of nitro benzene ring substituents is 1. The van der Waals surface area contributed by atoms with E-state index >= 15 is 0 Å². The van der Waals surface area contributed by atoms with Crippen LogP contribution in [0.4, 0.5) is 11.4 Å². The van der Waals surface area contributed by atoms with Crippen molar-refractivity contribution in [1.29, 1.82) is 0 Å². The van der Waals surface area contributed by atoms with E-state index in [9.17, 15) is 19.7 Å². The van der Waals surface area contributed by atoms with Crippen LogP contribution in [-0.4, -0.2) is 26.1 Å². The van der Waals surface area contributed by atoms with Gasteiger partial charge >= 0.3 is 0 Å². The first-order valence-electron chi connectivity index (χ1n) is 10.6. The molecular formula is C23H24N4O4S2. The Morgan fingerprint density at radius 3 is 3.00 bits per heavy atom. The van der Waals surface area contributed by atoms with E-state index in [0.717, 1.165) is 29.7 Å². The van der Waals surface area contributed by atoms with Crippen LogP contribution >= 0.6 is 23.1 Å². The molecule has 172 valence electrons. The number of carbonyl (C=O) groups excluding carboxylic acids is 1. The molecule has 0 saturated carbocycles. The minimum absolute atomic E-state index is 0.0132. The first-order valence-corrected chi connectivity index (χ1v) is 12.4. The Bertz CT molecular complexity index is 1330. The molecule has 8 nitrogen and oxygen atoms in total. The zero-order valence-electron chi connectivity index (χ0n) is 18.4. The van der Waals surface area contributed by atoms with Crippen LogP contribution in [0, 0.1) is 23.0 Å². The largest absolute Gasteiger partial charge is 0.325 e. The summed E-state index contributed by atoms with van der Waals surface area (Å²) < 4.78 is 1.57. The van der Waals surface area contributed by atoms with Gasteiger partial charge in [0.25, 0.3) is 11.2 Å². The summed E-state index contributed by atoms with van der Waals surface area (Å²) in [7, 11) is 0. The number of anilines is 1. The van der Waals surface area contributed by atoms with Gasteiger partial charge < -0.3 is 5.32 Å². The first-order chi connectivity index (χ1) is 15.8. The summed E-state index contributed by atoms with van der Waals surface area (Å²) in [6.07, 6.45) is 4.56. The summed E-state index contributed by atoms with van der Waals surface area (Å²) in [5.41, 5.74) is 1.76. The van der Waals surface area contributed by atoms with Crippen molar-refractivity contribution in [2.45, 2.75) is 44.8 Å². The highest BCUT2D eigenvalue weighted by Gasteiger charge is 2.25. The molecule has 1 aliphatic carbocycles. The number of nitrogens with zero attached hydrogens (tertiary/aromatic N) is 3. The van der Waals surface area contributed by atoms with Gasteiger partial charge in [0, 0.05) is 17.5 Å². The van der Waals surface area contributed by atoms with E-state index in [-0.39, 0.29) is 22.9 Å². The van der Waals surface area contributed by atoms with E-state index in [1.54, 1.807) is 35.0 Å². The molecule has 10 heteroatoms. The lowest BCUT2D eigenvalue weighted by molar-refractivity contribution is -0.385. The van der Waals surface area contributed by atoms with Crippen LogP contribution in [0.2, 0.25) is 0 Å². The molecule has 1 N–H and O–H groups in total. The second-order valence-corrected chi connectivity index (χ2v) is 10.2. The smallest absolute Gasteiger partial charge is 0.274 e. The predicted octanol–water partition coefficient (Wildman–Crippen LogP) is 4.72. The molecule has 33 heavy (non-hydrogen) atoms. The lowest BCUT2D eigenvalue weighted by atomic mass is 9.89. The summed E-state index contributed by atoms with van der Waals surface area (Å²) in [5.74, 6) is 0.275. The number of amides is 1. The van der Waals surface area contributed by atoms with E-state index in [2.05, 4.69) is 18.8 Å². The Morgan fingerprint density at radius 2 is 2.27 bits per heavy atom. The number of rotatable bonds is 7. The molecule has 1 unspecified atom stereocenters. The van der Waals surface area contributed by atoms with Gasteiger partial charge in [-0.15, -0.1) is 17.9 Å². The summed E-state index contributed by atoms with van der Waals surface area (Å²) >= 11 is 2.74. The Morgan fingerprint density at radius 1 is 1.48 bits per heavy atom. The topological polar surface area (TPSA) is 107 Å². The van der Waals surface area contributed by atoms with Gasteiger partial charge in [-0.3, -0.25) is 24.3 Å². The summed E-state index contributed by atoms with van der Waals surface area (Å²) in [5, 5.41) is 15.0. The van der Waals surface area contributed by atoms with Crippen molar-refractivity contribution < 1.29 is 9.72 Å². The van der Waals surface area contributed by atoms with E-state index in [0.29, 0.717) is 34.3 Å². The quantitative estimate of drug-likeness (QED) is 0.171. The highest BCUT2D eigenvalue weighted by atomic mass is 32.2. The highest BCUT2D eigenvalue weighted by molar-refractivity contribution is 7.99. The fraction of sp³-hybridized carbons (Fsp3) is 0.348. The Balaban J connectivity index is 1.60. The lowest BCUT2D eigenvalue weighted by Crippen LogP contribution is -2.24. The average Bonchev–Trinajstić information content (AvgIpc) is 3.13. The minimum atomic E-state index is -0.478. The molecule has 2 aromatic heterocycles. The molecule has 1 aromatic carbocycles. The van der Waals surface area contributed by atoms with Gasteiger partial charge in [0.1, 0.15) is 4.83 Å². The van der Waals surface area contributed by atoms with Gasteiger partial charge in [-0.05, 0) is 43.7 Å². The van der Waals surface area contributed by atoms with Gasteiger partial charge in [0.15, 0.2) is 5.16 Å². The molecule has 0 saturated heterocycles. The first kappa shape index (κ1) is 23.2. The molecule has 0 bridgehead atoms. The molecule has 1 atom stereocenters. The second-order valence-electron chi connectivity index (χ2n) is 8.17. The van der Waals surface area contributed by atoms with Crippen molar-refractivity contribution in [3.8, 4) is 0 Å². The SMILES string of the molecule is C=CCn1c(SCC(=O)Nc2cccc([N+](=O)[O-])c2C)nc2sc3c(c2c1=O)CCC(C)C3. The second kappa shape index (κ2) is 9.48. The van der Waals surface area contributed by atoms with Crippen LogP contribution in [0.25, 0.3) is 10.2 Å². The van der Waals surface area contributed by atoms with Crippen LogP contribution < -0.4 is 10.9 Å². The Kier molecular flexibility index (Phi) is 6.66. The van der Waals surface area contributed by atoms with Crippen molar-refractivity contribution in [1.82, 2.24) is 9.55 Å². The zero-order valence-corrected chi connectivity index (χ0v) is 20.1. The van der Waals surface area contributed by atoms with Crippen LogP contribution in [0.5, 0.6) is 0 Å². The molecule has 0 aliphatic heterocycles. The van der Waals surface area contributed by atoms with Crippen molar-refractivity contribution in [2.24, 2.45) is 5.92 Å². The fourth-order valence-electron chi connectivity index (χ4n) is 4.08. The third kappa shape index (κ3) is 4.58. The van der Waals surface area contributed by atoms with Crippen LogP contribution in [0.1, 0.15) is 29.3 Å². The molecule has 1 amide bonds. The van der Waals surface area contributed by atoms with Crippen LogP contribution in [0.15, 0.2) is 40.8 Å². The molecular weight excluding hydrogens is 460 g/mol. The molecule has 0 fully saturated rings. The third-order valence-electron chi connectivity index (χ3n) is 5.80. The molecule has 3 aromatic rings. The van der Waals surface area contributed by atoms with Crippen molar-refractivity contribution in [3.63, 3.8) is 0 Å². The van der Waals surface area contributed by atoms with Gasteiger partial charge in [-0.2, -0.15) is 0 Å². The molecule has 0 spiro atoms. The minimum Gasteiger partial charge on any atom is -0.325 e. The van der Waals surface area contributed by atoms with Crippen molar-refractivity contribution >= 4 is 50.6 Å². The number of aryl methyl sites for hydroxylation is 1. The normalized spacial score (nSPS) is 15.3. The predicted molar refractivity (Wildman–Crippen MR) is 132 cm³/mol. The van der Waals surface area contributed by atoms with Gasteiger partial charge in [0.2, 0.25) is 5.91 Å². The van der Waals surface area contributed by atoms with E-state index in [1.165, 1.54) is 28.8 Å². The monoisotopic (exact) mass is 484 g/mol. The van der Waals surface area contributed by atoms with Gasteiger partial charge in [-0.25, -0.2) is 4.98 Å². The number of benzene rings is 1. The number of thiophene rings is 1. The summed E-state index contributed by atoms with van der Waals surface area (Å²) in [6.45, 7) is 7.88. The number of carbonyl (C=O) groups is 1. The van der Waals surface area contributed by atoms with Gasteiger partial charge in [0.05, 0.1) is 27.3 Å². The molecule has 2 heterocycles. The van der Waals surface area contributed by atoms with E-state index in [4.69, 9.17) is 4.98 Å². The molecule has 1 aliphatic rings. The Hall–Kier alpha value is -2.98.